The first kappa shape index (κ1) is 19.6. The summed E-state index contributed by atoms with van der Waals surface area (Å²) in [6.07, 6.45) is 0. The number of hydrogen-bond donors (Lipinski definition) is 2. The molecule has 0 spiro atoms. The molecule has 0 unspecified atom stereocenters. The van der Waals surface area contributed by atoms with Crippen molar-refractivity contribution in [3.63, 3.8) is 0 Å². The minimum Gasteiger partial charge on any atom is -0.492 e. The van der Waals surface area contributed by atoms with E-state index in [1.54, 1.807) is 19.1 Å². The number of nitrogens with one attached hydrogen (secondary N) is 2. The van der Waals surface area contributed by atoms with Crippen molar-refractivity contribution in [2.24, 2.45) is 0 Å². The van der Waals surface area contributed by atoms with E-state index in [4.69, 9.17) is 4.74 Å². The number of amides is 1. The summed E-state index contributed by atoms with van der Waals surface area (Å²) >= 11 is 0. The molecule has 26 heavy (non-hydrogen) atoms. The highest BCUT2D eigenvalue weighted by Crippen LogP contribution is 2.27. The topological polar surface area (TPSA) is 102 Å². The zero-order chi connectivity index (χ0) is 19.3. The Kier molecular flexibility index (Phi) is 6.12. The highest BCUT2D eigenvalue weighted by molar-refractivity contribution is 7.89. The molecule has 7 nitrogen and oxygen atoms in total. The Morgan fingerprint density at radius 1 is 1.08 bits per heavy atom. The fourth-order valence-electron chi connectivity index (χ4n) is 2.24. The van der Waals surface area contributed by atoms with Gasteiger partial charge in [-0.15, -0.1) is 0 Å². The van der Waals surface area contributed by atoms with E-state index in [1.165, 1.54) is 44.3 Å². The summed E-state index contributed by atoms with van der Waals surface area (Å²) in [6.45, 7) is 3.61. The van der Waals surface area contributed by atoms with Crippen molar-refractivity contribution in [1.29, 1.82) is 0 Å². The maximum Gasteiger partial charge on any atom is 0.255 e. The number of Topliss-reactive ketones (excluding diaryl/α,β-unsaturated/α-hetero) is 1. The van der Waals surface area contributed by atoms with Gasteiger partial charge in [-0.2, -0.15) is 0 Å². The summed E-state index contributed by atoms with van der Waals surface area (Å²) in [5, 5.41) is 2.67. The number of carbonyl (C=O) groups is 2. The molecular formula is C18H20N2O5S. The van der Waals surface area contributed by atoms with Gasteiger partial charge < -0.3 is 10.1 Å². The van der Waals surface area contributed by atoms with Crippen LogP contribution in [0, 0.1) is 0 Å². The van der Waals surface area contributed by atoms with Gasteiger partial charge in [0, 0.05) is 11.1 Å². The molecule has 0 radical (unpaired) electrons. The van der Waals surface area contributed by atoms with Crippen LogP contribution in [0.3, 0.4) is 0 Å². The lowest BCUT2D eigenvalue weighted by Crippen LogP contribution is -2.20. The van der Waals surface area contributed by atoms with Crippen LogP contribution in [0.1, 0.15) is 34.6 Å². The van der Waals surface area contributed by atoms with E-state index in [0.717, 1.165) is 0 Å². The third-order valence-corrected chi connectivity index (χ3v) is 5.02. The van der Waals surface area contributed by atoms with Crippen molar-refractivity contribution < 1.29 is 22.7 Å². The number of hydrogen-bond acceptors (Lipinski definition) is 5. The Morgan fingerprint density at radius 2 is 1.81 bits per heavy atom. The highest BCUT2D eigenvalue weighted by atomic mass is 32.2. The lowest BCUT2D eigenvalue weighted by molar-refractivity contribution is 0.101. The lowest BCUT2D eigenvalue weighted by atomic mass is 10.1. The Bertz CT molecular complexity index is 938. The second-order valence-electron chi connectivity index (χ2n) is 5.39. The third-order valence-electron chi connectivity index (χ3n) is 3.61. The van der Waals surface area contributed by atoms with Crippen molar-refractivity contribution in [2.45, 2.75) is 18.7 Å². The molecule has 2 aromatic rings. The molecule has 0 heterocycles. The summed E-state index contributed by atoms with van der Waals surface area (Å²) in [4.78, 5) is 24.1. The van der Waals surface area contributed by atoms with Gasteiger partial charge in [0.1, 0.15) is 5.75 Å². The summed E-state index contributed by atoms with van der Waals surface area (Å²) in [7, 11) is -2.37. The Balaban J connectivity index is 2.36. The molecule has 0 saturated carbocycles. The van der Waals surface area contributed by atoms with Crippen LogP contribution in [-0.2, 0) is 10.0 Å². The number of ether oxygens (including phenoxy) is 1. The molecule has 2 rings (SSSR count). The van der Waals surface area contributed by atoms with E-state index in [2.05, 4.69) is 10.0 Å². The fourth-order valence-corrected chi connectivity index (χ4v) is 3.02. The first-order valence-corrected chi connectivity index (χ1v) is 9.39. The average Bonchev–Trinajstić information content (AvgIpc) is 2.63. The van der Waals surface area contributed by atoms with Gasteiger partial charge >= 0.3 is 0 Å². The smallest absolute Gasteiger partial charge is 0.255 e. The minimum atomic E-state index is -3.66. The summed E-state index contributed by atoms with van der Waals surface area (Å²) in [6, 6.07) is 10.4. The number of sulfonamides is 1. The van der Waals surface area contributed by atoms with Crippen molar-refractivity contribution in [2.75, 3.05) is 19.0 Å². The molecule has 8 heteroatoms. The molecule has 2 N–H and O–H groups in total. The first-order chi connectivity index (χ1) is 12.3. The van der Waals surface area contributed by atoms with Gasteiger partial charge in [-0.25, -0.2) is 13.1 Å². The fraction of sp³-hybridized carbons (Fsp3) is 0.222. The average molecular weight is 376 g/mol. The van der Waals surface area contributed by atoms with Gasteiger partial charge in [-0.3, -0.25) is 9.59 Å². The highest BCUT2D eigenvalue weighted by Gasteiger charge is 2.16. The standard InChI is InChI=1S/C18H20N2O5S/c1-4-25-17-9-8-13(12(2)21)11-16(17)20-18(22)14-6-5-7-15(10-14)26(23,24)19-3/h5-11,19H,4H2,1-3H3,(H,20,22). The van der Waals surface area contributed by atoms with E-state index in [1.807, 2.05) is 0 Å². The second-order valence-corrected chi connectivity index (χ2v) is 7.28. The predicted octanol–water partition coefficient (Wildman–Crippen LogP) is 2.45. The Morgan fingerprint density at radius 3 is 2.42 bits per heavy atom. The van der Waals surface area contributed by atoms with Crippen molar-refractivity contribution in [3.8, 4) is 5.75 Å². The van der Waals surface area contributed by atoms with Gasteiger partial charge in [0.15, 0.2) is 5.78 Å². The van der Waals surface area contributed by atoms with Crippen LogP contribution in [0.2, 0.25) is 0 Å². The molecule has 138 valence electrons. The van der Waals surface area contributed by atoms with Crippen molar-refractivity contribution in [3.05, 3.63) is 53.6 Å². The van der Waals surface area contributed by atoms with Crippen LogP contribution in [0.5, 0.6) is 5.75 Å². The molecule has 0 atom stereocenters. The molecule has 0 saturated heterocycles. The van der Waals surface area contributed by atoms with Crippen LogP contribution in [0.4, 0.5) is 5.69 Å². The van der Waals surface area contributed by atoms with Crippen LogP contribution >= 0.6 is 0 Å². The van der Waals surface area contributed by atoms with Gasteiger partial charge in [0.05, 0.1) is 17.2 Å². The van der Waals surface area contributed by atoms with E-state index in [9.17, 15) is 18.0 Å². The number of carbonyl (C=O) groups excluding carboxylic acids is 2. The molecule has 0 aliphatic heterocycles. The minimum absolute atomic E-state index is 0.0184. The molecule has 1 amide bonds. The summed E-state index contributed by atoms with van der Waals surface area (Å²) in [5.74, 6) is -0.240. The molecule has 0 fully saturated rings. The van der Waals surface area contributed by atoms with Crippen molar-refractivity contribution >= 4 is 27.4 Å². The zero-order valence-corrected chi connectivity index (χ0v) is 15.5. The SMILES string of the molecule is CCOc1ccc(C(C)=O)cc1NC(=O)c1cccc(S(=O)(=O)NC)c1. The second kappa shape index (κ2) is 8.11. The largest absolute Gasteiger partial charge is 0.492 e. The number of anilines is 1. The number of ketones is 1. The maximum atomic E-state index is 12.6. The molecule has 0 aliphatic carbocycles. The van der Waals surface area contributed by atoms with Crippen LogP contribution in [-0.4, -0.2) is 33.8 Å². The predicted molar refractivity (Wildman–Crippen MR) is 98.3 cm³/mol. The van der Waals surface area contributed by atoms with E-state index in [0.29, 0.717) is 23.6 Å². The monoisotopic (exact) mass is 376 g/mol. The van der Waals surface area contributed by atoms with Crippen LogP contribution < -0.4 is 14.8 Å². The maximum absolute atomic E-state index is 12.6. The molecular weight excluding hydrogens is 356 g/mol. The van der Waals surface area contributed by atoms with Gasteiger partial charge in [-0.05, 0) is 57.3 Å². The zero-order valence-electron chi connectivity index (χ0n) is 14.7. The number of benzene rings is 2. The van der Waals surface area contributed by atoms with Gasteiger partial charge in [-0.1, -0.05) is 6.07 Å². The Labute approximate surface area is 152 Å². The molecule has 0 aromatic heterocycles. The van der Waals surface area contributed by atoms with Crippen LogP contribution in [0.25, 0.3) is 0 Å². The van der Waals surface area contributed by atoms with Crippen molar-refractivity contribution in [1.82, 2.24) is 4.72 Å². The molecule has 0 aliphatic rings. The molecule has 2 aromatic carbocycles. The van der Waals surface area contributed by atoms with E-state index in [-0.39, 0.29) is 16.2 Å². The first-order valence-electron chi connectivity index (χ1n) is 7.91. The van der Waals surface area contributed by atoms with E-state index >= 15 is 0 Å². The van der Waals surface area contributed by atoms with E-state index < -0.39 is 15.9 Å². The summed E-state index contributed by atoms with van der Waals surface area (Å²) in [5.41, 5.74) is 0.929. The third kappa shape index (κ3) is 4.47. The van der Waals surface area contributed by atoms with Crippen LogP contribution in [0.15, 0.2) is 47.4 Å². The van der Waals surface area contributed by atoms with Gasteiger partial charge in [0.25, 0.3) is 5.91 Å². The molecule has 0 bridgehead atoms. The Hall–Kier alpha value is -2.71. The van der Waals surface area contributed by atoms with Gasteiger partial charge in [0.2, 0.25) is 10.0 Å². The normalized spacial score (nSPS) is 11.0. The quantitative estimate of drug-likeness (QED) is 0.723. The lowest BCUT2D eigenvalue weighted by Gasteiger charge is -2.13. The summed E-state index contributed by atoms with van der Waals surface area (Å²) < 4.78 is 31.5. The number of rotatable bonds is 7.